The summed E-state index contributed by atoms with van der Waals surface area (Å²) in [6, 6.07) is 7.83. The first-order valence-electron chi connectivity index (χ1n) is 5.29. The zero-order valence-electron chi connectivity index (χ0n) is 11.7. The summed E-state index contributed by atoms with van der Waals surface area (Å²) in [6.45, 7) is 7.85. The predicted molar refractivity (Wildman–Crippen MR) is 71.4 cm³/mol. The summed E-state index contributed by atoms with van der Waals surface area (Å²) in [7, 11) is 0. The SMILES string of the molecule is CC.[CH2-]Cc1ccccc1-n1[c-]nnc1N.[CH3-].[V+2].[Y]. The Balaban J connectivity index is -0.000000489. The number of rotatable bonds is 2. The molecule has 1 aromatic carbocycles. The summed E-state index contributed by atoms with van der Waals surface area (Å²) in [5.74, 6) is 0.339. The van der Waals surface area contributed by atoms with Crippen molar-refractivity contribution in [3.63, 3.8) is 0 Å². The molecule has 100 valence electrons. The van der Waals surface area contributed by atoms with Gasteiger partial charge in [0.15, 0.2) is 0 Å². The first-order valence-corrected chi connectivity index (χ1v) is 5.29. The van der Waals surface area contributed by atoms with Gasteiger partial charge in [-0.05, 0) is 0 Å². The van der Waals surface area contributed by atoms with Crippen molar-refractivity contribution in [3.05, 3.63) is 50.5 Å². The molecule has 0 spiro atoms. The average molecular weight is 371 g/mol. The van der Waals surface area contributed by atoms with Gasteiger partial charge in [0.05, 0.1) is 0 Å². The molecule has 1 heterocycles. The van der Waals surface area contributed by atoms with E-state index in [2.05, 4.69) is 23.4 Å². The van der Waals surface area contributed by atoms with Gasteiger partial charge < -0.3 is 24.7 Å². The van der Waals surface area contributed by atoms with Crippen LogP contribution in [0.25, 0.3) is 5.69 Å². The molecule has 0 unspecified atom stereocenters. The van der Waals surface area contributed by atoms with Crippen LogP contribution in [-0.2, 0) is 57.7 Å². The maximum Gasteiger partial charge on any atom is 2.00 e. The molecule has 4 nitrogen and oxygen atoms in total. The molecule has 2 N–H and O–H groups in total. The van der Waals surface area contributed by atoms with Crippen molar-refractivity contribution >= 4 is 5.95 Å². The van der Waals surface area contributed by atoms with Crippen LogP contribution in [0, 0.1) is 20.7 Å². The number of hydrogen-bond acceptors (Lipinski definition) is 3. The van der Waals surface area contributed by atoms with E-state index in [1.54, 1.807) is 4.57 Å². The summed E-state index contributed by atoms with van der Waals surface area (Å²) in [4.78, 5) is 0. The number of nitrogens with zero attached hydrogens (tertiary/aromatic N) is 3. The fourth-order valence-electron chi connectivity index (χ4n) is 1.33. The molecule has 0 amide bonds. The van der Waals surface area contributed by atoms with Crippen LogP contribution >= 0.6 is 0 Å². The third kappa shape index (κ3) is 6.22. The zero-order chi connectivity index (χ0) is 12.0. The number of aromatic nitrogens is 3. The molecule has 0 saturated carbocycles. The Hall–Kier alpha value is -0.152. The van der Waals surface area contributed by atoms with Crippen LogP contribution in [0.4, 0.5) is 5.95 Å². The minimum Gasteiger partial charge on any atom is -0.430 e. The van der Waals surface area contributed by atoms with E-state index >= 15 is 0 Å². The van der Waals surface area contributed by atoms with E-state index in [1.807, 2.05) is 38.1 Å². The van der Waals surface area contributed by atoms with Crippen molar-refractivity contribution in [2.24, 2.45) is 0 Å². The van der Waals surface area contributed by atoms with Crippen molar-refractivity contribution in [3.8, 4) is 5.69 Å². The number of benzene rings is 1. The maximum absolute atomic E-state index is 5.63. The Morgan fingerprint density at radius 1 is 1.32 bits per heavy atom. The van der Waals surface area contributed by atoms with Gasteiger partial charge in [0, 0.05) is 39.0 Å². The van der Waals surface area contributed by atoms with Crippen LogP contribution in [0.3, 0.4) is 0 Å². The fraction of sp³-hybridized carbons (Fsp3) is 0.231. The van der Waals surface area contributed by atoms with Crippen molar-refractivity contribution in [1.29, 1.82) is 0 Å². The van der Waals surface area contributed by atoms with Gasteiger partial charge in [-0.3, -0.25) is 0 Å². The molecule has 2 rings (SSSR count). The molecule has 6 heteroatoms. The van der Waals surface area contributed by atoms with E-state index in [9.17, 15) is 0 Å². The second-order valence-corrected chi connectivity index (χ2v) is 2.87. The van der Waals surface area contributed by atoms with Gasteiger partial charge >= 0.3 is 18.6 Å². The first kappa shape index (κ1) is 23.9. The number of para-hydroxylation sites is 1. The Morgan fingerprint density at radius 2 is 1.89 bits per heavy atom. The molecule has 19 heavy (non-hydrogen) atoms. The van der Waals surface area contributed by atoms with Crippen LogP contribution in [0.5, 0.6) is 0 Å². The topological polar surface area (TPSA) is 56.7 Å². The van der Waals surface area contributed by atoms with E-state index in [1.165, 1.54) is 0 Å². The van der Waals surface area contributed by atoms with Crippen LogP contribution in [0.2, 0.25) is 0 Å². The molecule has 0 bridgehead atoms. The molecular weight excluding hydrogens is 352 g/mol. The molecule has 2 aromatic rings. The van der Waals surface area contributed by atoms with Crippen molar-refractivity contribution < 1.29 is 51.3 Å². The summed E-state index contributed by atoms with van der Waals surface area (Å²) < 4.78 is 1.63. The van der Waals surface area contributed by atoms with Gasteiger partial charge in [0.25, 0.3) is 0 Å². The molecule has 2 radical (unpaired) electrons. The Labute approximate surface area is 153 Å². The third-order valence-corrected chi connectivity index (χ3v) is 2.03. The Bertz CT molecular complexity index is 446. The zero-order valence-corrected chi connectivity index (χ0v) is 15.9. The number of nitrogens with two attached hydrogens (primary N) is 1. The van der Waals surface area contributed by atoms with Gasteiger partial charge in [-0.25, -0.2) is 5.10 Å². The first-order chi connectivity index (χ1) is 7.83. The molecule has 1 aromatic heterocycles. The van der Waals surface area contributed by atoms with Crippen molar-refractivity contribution in [2.45, 2.75) is 20.3 Å². The molecule has 0 aliphatic rings. The Morgan fingerprint density at radius 3 is 2.37 bits per heavy atom. The van der Waals surface area contributed by atoms with Gasteiger partial charge in [-0.1, -0.05) is 43.8 Å². The molecule has 0 atom stereocenters. The second kappa shape index (κ2) is 12.9. The van der Waals surface area contributed by atoms with Gasteiger partial charge in [0.1, 0.15) is 5.95 Å². The smallest absolute Gasteiger partial charge is 0.430 e. The predicted octanol–water partition coefficient (Wildman–Crippen LogP) is 2.50. The number of anilines is 1. The minimum absolute atomic E-state index is 0. The van der Waals surface area contributed by atoms with E-state index in [0.29, 0.717) is 12.4 Å². The quantitative estimate of drug-likeness (QED) is 0.826. The Kier molecular flexibility index (Phi) is 16.2. The summed E-state index contributed by atoms with van der Waals surface area (Å²) in [6.07, 6.45) is 3.40. The van der Waals surface area contributed by atoms with Crippen molar-refractivity contribution in [2.75, 3.05) is 5.73 Å². The second-order valence-electron chi connectivity index (χ2n) is 2.87. The van der Waals surface area contributed by atoms with Gasteiger partial charge in [0.2, 0.25) is 0 Å². The summed E-state index contributed by atoms with van der Waals surface area (Å²) >= 11 is 0. The van der Waals surface area contributed by atoms with E-state index in [-0.39, 0.29) is 58.7 Å². The largest absolute Gasteiger partial charge is 2.00 e. The van der Waals surface area contributed by atoms with Gasteiger partial charge in [-0.15, -0.1) is 5.56 Å². The molecule has 0 aliphatic carbocycles. The number of hydrogen-bond donors (Lipinski definition) is 1. The minimum atomic E-state index is 0. The van der Waals surface area contributed by atoms with E-state index in [4.69, 9.17) is 5.73 Å². The van der Waals surface area contributed by atoms with Crippen LogP contribution in [0.1, 0.15) is 19.4 Å². The normalized spacial score (nSPS) is 7.95. The summed E-state index contributed by atoms with van der Waals surface area (Å²) in [5, 5.41) is 7.30. The van der Waals surface area contributed by atoms with E-state index < -0.39 is 0 Å². The van der Waals surface area contributed by atoms with Crippen molar-refractivity contribution in [1.82, 2.24) is 14.8 Å². The molecule has 0 fully saturated rings. The molecule has 0 aliphatic heterocycles. The average Bonchev–Trinajstić information content (AvgIpc) is 2.78. The van der Waals surface area contributed by atoms with Crippen LogP contribution in [0.15, 0.2) is 24.3 Å². The van der Waals surface area contributed by atoms with Crippen LogP contribution < -0.4 is 5.73 Å². The summed E-state index contributed by atoms with van der Waals surface area (Å²) in [5.41, 5.74) is 7.66. The molecule has 0 saturated heterocycles. The molecular formula is C13H19N4VY-. The maximum atomic E-state index is 5.63. The fourth-order valence-corrected chi connectivity index (χ4v) is 1.33. The standard InChI is InChI=1S/C10H10N4.C2H6.CH3.V.Y/c1-2-8-5-3-4-6-9(8)14-7-12-13-10(14)11;1-2;;;/h3-6H,1-2H2,(H2,11,13);1-2H3;1H3;;/q-2;;-1;+2;. The van der Waals surface area contributed by atoms with E-state index in [0.717, 1.165) is 11.3 Å². The van der Waals surface area contributed by atoms with Crippen LogP contribution in [-0.4, -0.2) is 14.8 Å². The number of nitrogen functional groups attached to an aromatic ring is 1. The monoisotopic (exact) mass is 371 g/mol. The third-order valence-electron chi connectivity index (χ3n) is 2.03. The van der Waals surface area contributed by atoms with Gasteiger partial charge in [-0.2, -0.15) is 11.5 Å².